The zero-order chi connectivity index (χ0) is 15.9. The second kappa shape index (κ2) is 14.0. The number of ether oxygens (including phenoxy) is 1. The number of rotatable bonds is 11. The minimum Gasteiger partial charge on any atom is -0.381 e. The lowest BCUT2D eigenvalue weighted by Crippen LogP contribution is -2.32. The highest BCUT2D eigenvalue weighted by atomic mass is 16.5. The van der Waals surface area contributed by atoms with Crippen molar-refractivity contribution in [1.29, 1.82) is 0 Å². The highest BCUT2D eigenvalue weighted by Crippen LogP contribution is 1.97. The summed E-state index contributed by atoms with van der Waals surface area (Å²) in [4.78, 5) is 4.68. The fourth-order valence-corrected chi connectivity index (χ4v) is 1.80. The largest absolute Gasteiger partial charge is 0.381 e. The molecule has 0 aliphatic heterocycles. The third-order valence-electron chi connectivity index (χ3n) is 3.07. The molecule has 1 aromatic rings. The predicted octanol–water partition coefficient (Wildman–Crippen LogP) is 2.53. The standard InChI is InChI=1S/C14H27N3O2.C2H6/c1-4-17(10-9-16(2)3)8-5-11-18-12-6-14-7-13-19-15-14;1-2/h7,13H,4-6,8-12H2,1-3H3;1-2H3. The summed E-state index contributed by atoms with van der Waals surface area (Å²) in [6.45, 7) is 12.2. The van der Waals surface area contributed by atoms with Crippen molar-refractivity contribution >= 4 is 0 Å². The van der Waals surface area contributed by atoms with Crippen LogP contribution in [0.5, 0.6) is 0 Å². The van der Waals surface area contributed by atoms with Crippen LogP contribution in [-0.4, -0.2) is 68.4 Å². The first-order valence-electron chi connectivity index (χ1n) is 8.06. The Morgan fingerprint density at radius 2 is 1.90 bits per heavy atom. The summed E-state index contributed by atoms with van der Waals surface area (Å²) in [6, 6.07) is 1.88. The van der Waals surface area contributed by atoms with E-state index in [0.717, 1.165) is 57.9 Å². The van der Waals surface area contributed by atoms with Crippen LogP contribution in [0.2, 0.25) is 0 Å². The van der Waals surface area contributed by atoms with Crippen molar-refractivity contribution in [3.63, 3.8) is 0 Å². The molecule has 0 amide bonds. The van der Waals surface area contributed by atoms with E-state index in [4.69, 9.17) is 9.26 Å². The van der Waals surface area contributed by atoms with E-state index in [2.05, 4.69) is 36.0 Å². The van der Waals surface area contributed by atoms with Crippen LogP contribution >= 0.6 is 0 Å². The molecule has 0 fully saturated rings. The van der Waals surface area contributed by atoms with Crippen LogP contribution in [0, 0.1) is 0 Å². The van der Waals surface area contributed by atoms with E-state index in [0.29, 0.717) is 0 Å². The zero-order valence-electron chi connectivity index (χ0n) is 14.5. The van der Waals surface area contributed by atoms with Gasteiger partial charge in [0.2, 0.25) is 0 Å². The second-order valence-electron chi connectivity index (χ2n) is 4.94. The number of nitrogens with zero attached hydrogens (tertiary/aromatic N) is 3. The van der Waals surface area contributed by atoms with E-state index in [9.17, 15) is 0 Å². The average Bonchev–Trinajstić information content (AvgIpc) is 3.01. The first kappa shape index (κ1) is 20.1. The molecular formula is C16H33N3O2. The second-order valence-corrected chi connectivity index (χ2v) is 4.94. The van der Waals surface area contributed by atoms with Crippen LogP contribution in [0.3, 0.4) is 0 Å². The van der Waals surface area contributed by atoms with Gasteiger partial charge in [0.05, 0.1) is 12.3 Å². The van der Waals surface area contributed by atoms with Gasteiger partial charge in [-0.05, 0) is 27.1 Å². The van der Waals surface area contributed by atoms with Gasteiger partial charge in [0, 0.05) is 38.7 Å². The van der Waals surface area contributed by atoms with Crippen molar-refractivity contribution in [2.75, 3.05) is 53.5 Å². The van der Waals surface area contributed by atoms with Gasteiger partial charge in [-0.2, -0.15) is 0 Å². The van der Waals surface area contributed by atoms with Gasteiger partial charge in [-0.15, -0.1) is 0 Å². The molecule has 124 valence electrons. The summed E-state index contributed by atoms with van der Waals surface area (Å²) in [6.07, 6.45) is 3.51. The van der Waals surface area contributed by atoms with Crippen LogP contribution in [-0.2, 0) is 11.2 Å². The van der Waals surface area contributed by atoms with Crippen molar-refractivity contribution in [3.05, 3.63) is 18.0 Å². The lowest BCUT2D eigenvalue weighted by molar-refractivity contribution is 0.121. The number of aromatic nitrogens is 1. The summed E-state index contributed by atoms with van der Waals surface area (Å²) < 4.78 is 10.4. The van der Waals surface area contributed by atoms with E-state index in [1.54, 1.807) is 6.26 Å². The molecule has 0 atom stereocenters. The summed E-state index contributed by atoms with van der Waals surface area (Å²) in [5, 5.41) is 3.85. The zero-order valence-corrected chi connectivity index (χ0v) is 14.5. The van der Waals surface area contributed by atoms with Crippen LogP contribution < -0.4 is 0 Å². The maximum Gasteiger partial charge on any atom is 0.124 e. The minimum atomic E-state index is 0.719. The van der Waals surface area contributed by atoms with Crippen molar-refractivity contribution in [3.8, 4) is 0 Å². The number of hydrogen-bond donors (Lipinski definition) is 0. The molecular weight excluding hydrogens is 266 g/mol. The number of hydrogen-bond acceptors (Lipinski definition) is 5. The van der Waals surface area contributed by atoms with E-state index in [1.165, 1.54) is 0 Å². The Kier molecular flexibility index (Phi) is 13.4. The molecule has 1 heterocycles. The maximum absolute atomic E-state index is 5.61. The molecule has 0 saturated carbocycles. The Hall–Kier alpha value is -0.910. The van der Waals surface area contributed by atoms with Gasteiger partial charge >= 0.3 is 0 Å². The van der Waals surface area contributed by atoms with Crippen LogP contribution in [0.1, 0.15) is 32.9 Å². The molecule has 1 rings (SSSR count). The molecule has 1 aromatic heterocycles. The topological polar surface area (TPSA) is 41.7 Å². The van der Waals surface area contributed by atoms with Gasteiger partial charge in [-0.25, -0.2) is 0 Å². The lowest BCUT2D eigenvalue weighted by atomic mass is 10.3. The molecule has 5 heteroatoms. The normalized spacial score (nSPS) is 10.8. The molecule has 0 radical (unpaired) electrons. The van der Waals surface area contributed by atoms with Gasteiger partial charge in [0.1, 0.15) is 6.26 Å². The molecule has 0 bridgehead atoms. The maximum atomic E-state index is 5.61. The van der Waals surface area contributed by atoms with E-state index >= 15 is 0 Å². The van der Waals surface area contributed by atoms with E-state index in [-0.39, 0.29) is 0 Å². The summed E-state index contributed by atoms with van der Waals surface area (Å²) in [7, 11) is 4.22. The van der Waals surface area contributed by atoms with Crippen LogP contribution in [0.4, 0.5) is 0 Å². The van der Waals surface area contributed by atoms with E-state index < -0.39 is 0 Å². The molecule has 0 saturated heterocycles. The van der Waals surface area contributed by atoms with Crippen LogP contribution in [0.25, 0.3) is 0 Å². The van der Waals surface area contributed by atoms with Gasteiger partial charge in [0.25, 0.3) is 0 Å². The van der Waals surface area contributed by atoms with Crippen molar-refractivity contribution in [2.24, 2.45) is 0 Å². The highest BCUT2D eigenvalue weighted by molar-refractivity contribution is 4.94. The molecule has 0 spiro atoms. The Morgan fingerprint density at radius 3 is 2.48 bits per heavy atom. The van der Waals surface area contributed by atoms with Gasteiger partial charge < -0.3 is 19.1 Å². The SMILES string of the molecule is CC.CCN(CCCOCCc1ccon1)CCN(C)C. The Labute approximate surface area is 130 Å². The van der Waals surface area contributed by atoms with E-state index in [1.807, 2.05) is 19.9 Å². The molecule has 0 aromatic carbocycles. The fraction of sp³-hybridized carbons (Fsp3) is 0.812. The summed E-state index contributed by atoms with van der Waals surface area (Å²) in [5.74, 6) is 0. The van der Waals surface area contributed by atoms with Gasteiger partial charge in [-0.1, -0.05) is 25.9 Å². The average molecular weight is 299 g/mol. The molecule has 5 nitrogen and oxygen atoms in total. The predicted molar refractivity (Wildman–Crippen MR) is 87.7 cm³/mol. The molecule has 0 aliphatic carbocycles. The minimum absolute atomic E-state index is 0.719. The first-order valence-corrected chi connectivity index (χ1v) is 8.06. The van der Waals surface area contributed by atoms with Gasteiger partial charge in [0.15, 0.2) is 0 Å². The third kappa shape index (κ3) is 11.4. The quantitative estimate of drug-likeness (QED) is 0.587. The van der Waals surface area contributed by atoms with Gasteiger partial charge in [-0.3, -0.25) is 0 Å². The Bertz CT molecular complexity index is 302. The first-order chi connectivity index (χ1) is 10.2. The smallest absolute Gasteiger partial charge is 0.124 e. The summed E-state index contributed by atoms with van der Waals surface area (Å²) >= 11 is 0. The molecule has 21 heavy (non-hydrogen) atoms. The fourth-order valence-electron chi connectivity index (χ4n) is 1.80. The van der Waals surface area contributed by atoms with Crippen molar-refractivity contribution in [2.45, 2.75) is 33.6 Å². The van der Waals surface area contributed by atoms with Crippen molar-refractivity contribution < 1.29 is 9.26 Å². The van der Waals surface area contributed by atoms with Crippen LogP contribution in [0.15, 0.2) is 16.9 Å². The van der Waals surface area contributed by atoms with Crippen molar-refractivity contribution in [1.82, 2.24) is 15.0 Å². The summed E-state index contributed by atoms with van der Waals surface area (Å²) in [5.41, 5.74) is 0.959. The highest BCUT2D eigenvalue weighted by Gasteiger charge is 2.02. The monoisotopic (exact) mass is 299 g/mol. The third-order valence-corrected chi connectivity index (χ3v) is 3.07. The number of likely N-dealkylation sites (N-methyl/N-ethyl adjacent to an activating group) is 2. The molecule has 0 aliphatic rings. The Morgan fingerprint density at radius 1 is 1.14 bits per heavy atom. The lowest BCUT2D eigenvalue weighted by Gasteiger charge is -2.22. The molecule has 0 N–H and O–H groups in total. The Balaban J connectivity index is 0.00000191. The molecule has 0 unspecified atom stereocenters.